The maximum Gasteiger partial charge on any atom is 0.356 e. The SMILES string of the molecule is Cc1ccc(-n2nc(C(=O)O)c3c2C2CCC3C2)cc1. The molecule has 4 rings (SSSR count). The molecule has 1 heterocycles. The predicted molar refractivity (Wildman–Crippen MR) is 74.6 cm³/mol. The number of aromatic carboxylic acids is 1. The molecule has 2 atom stereocenters. The highest BCUT2D eigenvalue weighted by molar-refractivity contribution is 5.88. The highest BCUT2D eigenvalue weighted by Crippen LogP contribution is 2.54. The van der Waals surface area contributed by atoms with Gasteiger partial charge in [0.2, 0.25) is 0 Å². The van der Waals surface area contributed by atoms with Crippen molar-refractivity contribution in [2.45, 2.75) is 38.0 Å². The van der Waals surface area contributed by atoms with Gasteiger partial charge in [0.05, 0.1) is 11.4 Å². The molecule has 2 aromatic rings. The fraction of sp³-hybridized carbons (Fsp3) is 0.375. The average molecular weight is 268 g/mol. The lowest BCUT2D eigenvalue weighted by molar-refractivity contribution is 0.0688. The molecule has 0 saturated heterocycles. The maximum atomic E-state index is 11.5. The highest BCUT2D eigenvalue weighted by Gasteiger charge is 2.44. The van der Waals surface area contributed by atoms with Crippen molar-refractivity contribution in [3.63, 3.8) is 0 Å². The summed E-state index contributed by atoms with van der Waals surface area (Å²) in [4.78, 5) is 11.5. The van der Waals surface area contributed by atoms with E-state index in [9.17, 15) is 9.90 Å². The Morgan fingerprint density at radius 1 is 1.25 bits per heavy atom. The Kier molecular flexibility index (Phi) is 2.31. The van der Waals surface area contributed by atoms with E-state index in [1.807, 2.05) is 35.9 Å². The molecule has 0 spiro atoms. The summed E-state index contributed by atoms with van der Waals surface area (Å²) < 4.78 is 1.86. The van der Waals surface area contributed by atoms with Crippen LogP contribution in [0.4, 0.5) is 0 Å². The van der Waals surface area contributed by atoms with E-state index in [0.29, 0.717) is 11.8 Å². The second kappa shape index (κ2) is 3.95. The number of rotatable bonds is 2. The van der Waals surface area contributed by atoms with Crippen molar-refractivity contribution in [3.8, 4) is 5.69 Å². The fourth-order valence-corrected chi connectivity index (χ4v) is 3.77. The van der Waals surface area contributed by atoms with Crippen LogP contribution in [0.3, 0.4) is 0 Å². The summed E-state index contributed by atoms with van der Waals surface area (Å²) in [6.07, 6.45) is 3.37. The first-order chi connectivity index (χ1) is 9.65. The van der Waals surface area contributed by atoms with Gasteiger partial charge >= 0.3 is 5.97 Å². The lowest BCUT2D eigenvalue weighted by atomic mass is 9.95. The summed E-state index contributed by atoms with van der Waals surface area (Å²) in [5.41, 5.74) is 4.55. The van der Waals surface area contributed by atoms with E-state index in [2.05, 4.69) is 5.10 Å². The van der Waals surface area contributed by atoms with Gasteiger partial charge < -0.3 is 5.11 Å². The van der Waals surface area contributed by atoms with Crippen LogP contribution in [0.1, 0.15) is 58.4 Å². The summed E-state index contributed by atoms with van der Waals surface area (Å²) in [6, 6.07) is 8.11. The molecule has 0 aliphatic heterocycles. The minimum absolute atomic E-state index is 0.257. The first kappa shape index (κ1) is 11.7. The highest BCUT2D eigenvalue weighted by atomic mass is 16.4. The Morgan fingerprint density at radius 2 is 1.95 bits per heavy atom. The van der Waals surface area contributed by atoms with E-state index < -0.39 is 5.97 Å². The van der Waals surface area contributed by atoms with Crippen molar-refractivity contribution >= 4 is 5.97 Å². The largest absolute Gasteiger partial charge is 0.476 e. The number of aromatic nitrogens is 2. The van der Waals surface area contributed by atoms with Gasteiger partial charge in [-0.25, -0.2) is 9.48 Å². The van der Waals surface area contributed by atoms with Crippen LogP contribution in [0.25, 0.3) is 5.69 Å². The van der Waals surface area contributed by atoms with Gasteiger partial charge in [-0.3, -0.25) is 0 Å². The zero-order valence-corrected chi connectivity index (χ0v) is 11.3. The van der Waals surface area contributed by atoms with Crippen molar-refractivity contribution in [2.75, 3.05) is 0 Å². The molecule has 4 nitrogen and oxygen atoms in total. The lowest BCUT2D eigenvalue weighted by Gasteiger charge is -2.13. The van der Waals surface area contributed by atoms with Gasteiger partial charge in [-0.15, -0.1) is 0 Å². The summed E-state index contributed by atoms with van der Waals surface area (Å²) >= 11 is 0. The van der Waals surface area contributed by atoms with Crippen LogP contribution in [-0.2, 0) is 0 Å². The van der Waals surface area contributed by atoms with Crippen molar-refractivity contribution in [1.29, 1.82) is 0 Å². The number of nitrogens with zero attached hydrogens (tertiary/aromatic N) is 2. The van der Waals surface area contributed by atoms with Gasteiger partial charge in [0.15, 0.2) is 5.69 Å². The van der Waals surface area contributed by atoms with Crippen LogP contribution < -0.4 is 0 Å². The molecule has 2 unspecified atom stereocenters. The van der Waals surface area contributed by atoms with Gasteiger partial charge in [0, 0.05) is 11.5 Å². The van der Waals surface area contributed by atoms with Crippen LogP contribution in [0.2, 0.25) is 0 Å². The lowest BCUT2D eigenvalue weighted by Crippen LogP contribution is -2.05. The zero-order valence-electron chi connectivity index (χ0n) is 11.3. The van der Waals surface area contributed by atoms with E-state index in [0.717, 1.165) is 36.2 Å². The Morgan fingerprint density at radius 3 is 2.65 bits per heavy atom. The molecular weight excluding hydrogens is 252 g/mol. The Hall–Kier alpha value is -2.10. The molecule has 20 heavy (non-hydrogen) atoms. The molecule has 1 fully saturated rings. The molecule has 1 aromatic carbocycles. The number of hydrogen-bond donors (Lipinski definition) is 1. The number of carboxylic acids is 1. The van der Waals surface area contributed by atoms with Crippen LogP contribution >= 0.6 is 0 Å². The molecular formula is C16H16N2O2. The average Bonchev–Trinajstić information content (AvgIpc) is 3.11. The molecule has 0 amide bonds. The monoisotopic (exact) mass is 268 g/mol. The quantitative estimate of drug-likeness (QED) is 0.909. The fourth-order valence-electron chi connectivity index (χ4n) is 3.77. The van der Waals surface area contributed by atoms with Gasteiger partial charge in [0.1, 0.15) is 0 Å². The van der Waals surface area contributed by atoms with E-state index in [1.54, 1.807) is 0 Å². The molecule has 4 heteroatoms. The molecule has 2 aliphatic carbocycles. The van der Waals surface area contributed by atoms with Crippen molar-refractivity contribution in [1.82, 2.24) is 9.78 Å². The predicted octanol–water partition coefficient (Wildman–Crippen LogP) is 3.24. The first-order valence-electron chi connectivity index (χ1n) is 7.08. The summed E-state index contributed by atoms with van der Waals surface area (Å²) in [5, 5.41) is 13.8. The van der Waals surface area contributed by atoms with E-state index in [4.69, 9.17) is 0 Å². The summed E-state index contributed by atoms with van der Waals surface area (Å²) in [5.74, 6) is -0.0168. The molecule has 2 bridgehead atoms. The van der Waals surface area contributed by atoms with Crippen molar-refractivity contribution < 1.29 is 9.90 Å². The van der Waals surface area contributed by atoms with Gasteiger partial charge in [-0.1, -0.05) is 17.7 Å². The maximum absolute atomic E-state index is 11.5. The second-order valence-electron chi connectivity index (χ2n) is 5.91. The number of carbonyl (C=O) groups is 1. The third-order valence-corrected chi connectivity index (χ3v) is 4.67. The van der Waals surface area contributed by atoms with Crippen molar-refractivity contribution in [2.24, 2.45) is 0 Å². The van der Waals surface area contributed by atoms with Crippen molar-refractivity contribution in [3.05, 3.63) is 46.8 Å². The van der Waals surface area contributed by atoms with Crippen LogP contribution in [0.5, 0.6) is 0 Å². The third kappa shape index (κ3) is 1.48. The Bertz CT molecular complexity index is 700. The molecule has 1 saturated carbocycles. The first-order valence-corrected chi connectivity index (χ1v) is 7.08. The number of carboxylic acid groups (broad SMARTS) is 1. The van der Waals surface area contributed by atoms with Gasteiger partial charge in [-0.05, 0) is 44.2 Å². The topological polar surface area (TPSA) is 55.1 Å². The number of benzene rings is 1. The normalized spacial score (nSPS) is 23.1. The summed E-state index contributed by atoms with van der Waals surface area (Å²) in [6.45, 7) is 2.04. The Labute approximate surface area is 117 Å². The minimum Gasteiger partial charge on any atom is -0.476 e. The second-order valence-corrected chi connectivity index (χ2v) is 5.91. The van der Waals surface area contributed by atoms with E-state index >= 15 is 0 Å². The number of fused-ring (bicyclic) bond motifs is 5. The number of aryl methyl sites for hydroxylation is 1. The van der Waals surface area contributed by atoms with Gasteiger partial charge in [0.25, 0.3) is 0 Å². The third-order valence-electron chi connectivity index (χ3n) is 4.67. The number of hydrogen-bond acceptors (Lipinski definition) is 2. The van der Waals surface area contributed by atoms with E-state index in [-0.39, 0.29) is 5.69 Å². The standard InChI is InChI=1S/C16H16N2O2/c1-9-2-6-12(7-3-9)18-15-11-5-4-10(8-11)13(15)14(17-18)16(19)20/h2-3,6-7,10-11H,4-5,8H2,1H3,(H,19,20). The molecule has 2 aliphatic rings. The molecule has 102 valence electrons. The smallest absolute Gasteiger partial charge is 0.356 e. The molecule has 1 N–H and O–H groups in total. The Balaban J connectivity index is 1.93. The van der Waals surface area contributed by atoms with E-state index in [1.165, 1.54) is 5.56 Å². The minimum atomic E-state index is -0.903. The zero-order chi connectivity index (χ0) is 13.9. The molecule has 0 radical (unpaired) electrons. The molecule has 1 aromatic heterocycles. The van der Waals surface area contributed by atoms with Crippen LogP contribution in [-0.4, -0.2) is 20.9 Å². The van der Waals surface area contributed by atoms with Crippen LogP contribution in [0.15, 0.2) is 24.3 Å². The van der Waals surface area contributed by atoms with Gasteiger partial charge in [-0.2, -0.15) is 5.10 Å². The van der Waals surface area contributed by atoms with Crippen LogP contribution in [0, 0.1) is 6.92 Å². The summed E-state index contributed by atoms with van der Waals surface area (Å²) in [7, 11) is 0.